The molecule has 4 heteroatoms. The molecule has 4 nitrogen and oxygen atoms in total. The number of hydrogen-bond donors (Lipinski definition) is 1. The number of methoxy groups -OCH3 is 1. The molecule has 1 fully saturated rings. The average molecular weight is 259 g/mol. The Morgan fingerprint density at radius 3 is 2.84 bits per heavy atom. The lowest BCUT2D eigenvalue weighted by Gasteiger charge is -2.09. The van der Waals surface area contributed by atoms with Gasteiger partial charge in [-0.15, -0.1) is 0 Å². The lowest BCUT2D eigenvalue weighted by Crippen LogP contribution is -2.18. The molecule has 1 N–H and O–H groups in total. The summed E-state index contributed by atoms with van der Waals surface area (Å²) >= 11 is 0. The van der Waals surface area contributed by atoms with E-state index in [1.807, 2.05) is 24.3 Å². The summed E-state index contributed by atoms with van der Waals surface area (Å²) in [6, 6.07) is 7.97. The highest BCUT2D eigenvalue weighted by atomic mass is 16.5. The Morgan fingerprint density at radius 2 is 2.16 bits per heavy atom. The van der Waals surface area contributed by atoms with Crippen molar-refractivity contribution in [1.82, 2.24) is 5.32 Å². The zero-order valence-electron chi connectivity index (χ0n) is 11.1. The Balaban J connectivity index is 1.99. The minimum absolute atomic E-state index is 0.0244. The van der Waals surface area contributed by atoms with Gasteiger partial charge in [-0.1, -0.05) is 12.1 Å². The van der Waals surface area contributed by atoms with E-state index in [9.17, 15) is 4.79 Å². The summed E-state index contributed by atoms with van der Waals surface area (Å²) in [4.78, 5) is 12.3. The van der Waals surface area contributed by atoms with Crippen LogP contribution in [0.15, 0.2) is 30.1 Å². The third kappa shape index (κ3) is 2.30. The summed E-state index contributed by atoms with van der Waals surface area (Å²) in [6.07, 6.45) is 1.87. The van der Waals surface area contributed by atoms with Gasteiger partial charge < -0.3 is 14.8 Å². The van der Waals surface area contributed by atoms with Gasteiger partial charge in [-0.3, -0.25) is 4.79 Å². The van der Waals surface area contributed by atoms with Gasteiger partial charge in [0.05, 0.1) is 12.7 Å². The van der Waals surface area contributed by atoms with Gasteiger partial charge in [-0.2, -0.15) is 0 Å². The van der Waals surface area contributed by atoms with Gasteiger partial charge in [-0.05, 0) is 37.5 Å². The minimum atomic E-state index is -0.414. The number of nitrogens with one attached hydrogen (secondary N) is 1. The van der Waals surface area contributed by atoms with Crippen molar-refractivity contribution in [3.8, 4) is 5.75 Å². The fraction of sp³-hybridized carbons (Fsp3) is 0.400. The van der Waals surface area contributed by atoms with Gasteiger partial charge in [0, 0.05) is 6.04 Å². The van der Waals surface area contributed by atoms with Crippen LogP contribution in [0.3, 0.4) is 0 Å². The zero-order valence-corrected chi connectivity index (χ0v) is 11.1. The topological polar surface area (TPSA) is 47.6 Å². The van der Waals surface area contributed by atoms with Crippen molar-refractivity contribution in [3.63, 3.8) is 0 Å². The van der Waals surface area contributed by atoms with Crippen molar-refractivity contribution >= 4 is 11.4 Å². The largest absolute Gasteiger partial charge is 0.497 e. The standard InChI is InChI=1S/C15H17NO3/c1-9-14(17)13(15(19-9)16-11-6-7-11)10-4-3-5-12(8-10)18-2/h3-5,8-9,11,16H,6-7H2,1-2H3. The van der Waals surface area contributed by atoms with Crippen LogP contribution in [-0.4, -0.2) is 25.0 Å². The molecule has 1 aromatic carbocycles. The van der Waals surface area contributed by atoms with Crippen molar-refractivity contribution in [2.45, 2.75) is 31.9 Å². The molecule has 1 aliphatic carbocycles. The monoisotopic (exact) mass is 259 g/mol. The van der Waals surface area contributed by atoms with Crippen LogP contribution < -0.4 is 10.1 Å². The number of carbonyl (C=O) groups is 1. The summed E-state index contributed by atoms with van der Waals surface area (Å²) in [5, 5.41) is 3.30. The number of carbonyl (C=O) groups excluding carboxylic acids is 1. The summed E-state index contributed by atoms with van der Waals surface area (Å²) in [5.74, 6) is 1.38. The van der Waals surface area contributed by atoms with E-state index in [4.69, 9.17) is 9.47 Å². The summed E-state index contributed by atoms with van der Waals surface area (Å²) in [6.45, 7) is 1.78. The average Bonchev–Trinajstić information content (AvgIpc) is 3.18. The first kappa shape index (κ1) is 12.1. The Bertz CT molecular complexity index is 546. The summed E-state index contributed by atoms with van der Waals surface area (Å²) in [5.41, 5.74) is 1.48. The van der Waals surface area contributed by atoms with Crippen LogP contribution in [0.2, 0.25) is 0 Å². The quantitative estimate of drug-likeness (QED) is 0.899. The Hall–Kier alpha value is -1.97. The van der Waals surface area contributed by atoms with Crippen LogP contribution >= 0.6 is 0 Å². The van der Waals surface area contributed by atoms with Crippen LogP contribution in [0, 0.1) is 0 Å². The van der Waals surface area contributed by atoms with E-state index < -0.39 is 6.10 Å². The van der Waals surface area contributed by atoms with Crippen molar-refractivity contribution in [1.29, 1.82) is 0 Å². The molecule has 0 amide bonds. The maximum atomic E-state index is 12.3. The predicted molar refractivity (Wildman–Crippen MR) is 71.6 cm³/mol. The second-order valence-corrected chi connectivity index (χ2v) is 4.98. The first-order valence-electron chi connectivity index (χ1n) is 6.55. The van der Waals surface area contributed by atoms with Crippen LogP contribution in [0.1, 0.15) is 25.3 Å². The SMILES string of the molecule is COc1cccc(C2=C(NC3CC3)OC(C)C2=O)c1. The number of ether oxygens (including phenoxy) is 2. The first-order chi connectivity index (χ1) is 9.19. The lowest BCUT2D eigenvalue weighted by atomic mass is 10.0. The van der Waals surface area contributed by atoms with Crippen molar-refractivity contribution in [2.75, 3.05) is 7.11 Å². The molecule has 0 spiro atoms. The third-order valence-corrected chi connectivity index (χ3v) is 3.41. The molecule has 3 rings (SSSR count). The van der Waals surface area contributed by atoms with Gasteiger partial charge in [0.25, 0.3) is 0 Å². The molecule has 0 aromatic heterocycles. The minimum Gasteiger partial charge on any atom is -0.497 e. The van der Waals surface area contributed by atoms with Gasteiger partial charge in [-0.25, -0.2) is 0 Å². The summed E-state index contributed by atoms with van der Waals surface area (Å²) < 4.78 is 10.9. The van der Waals surface area contributed by atoms with Crippen molar-refractivity contribution in [3.05, 3.63) is 35.7 Å². The maximum absolute atomic E-state index is 12.3. The predicted octanol–water partition coefficient (Wildman–Crippen LogP) is 2.10. The molecule has 1 aromatic rings. The molecular weight excluding hydrogens is 242 g/mol. The highest BCUT2D eigenvalue weighted by Crippen LogP contribution is 2.32. The van der Waals surface area contributed by atoms with Gasteiger partial charge in [0.15, 0.2) is 12.0 Å². The maximum Gasteiger partial charge on any atom is 0.209 e. The van der Waals surface area contributed by atoms with E-state index in [0.717, 1.165) is 24.2 Å². The van der Waals surface area contributed by atoms with E-state index in [1.54, 1.807) is 14.0 Å². The van der Waals surface area contributed by atoms with Crippen LogP contribution in [-0.2, 0) is 9.53 Å². The fourth-order valence-corrected chi connectivity index (χ4v) is 2.18. The molecule has 1 aliphatic heterocycles. The second-order valence-electron chi connectivity index (χ2n) is 4.98. The molecule has 0 radical (unpaired) electrons. The Morgan fingerprint density at radius 1 is 1.37 bits per heavy atom. The van der Waals surface area contributed by atoms with E-state index >= 15 is 0 Å². The van der Waals surface area contributed by atoms with Gasteiger partial charge >= 0.3 is 0 Å². The van der Waals surface area contributed by atoms with Crippen LogP contribution in [0.25, 0.3) is 5.57 Å². The van der Waals surface area contributed by atoms with Crippen molar-refractivity contribution < 1.29 is 14.3 Å². The number of hydrogen-bond acceptors (Lipinski definition) is 4. The molecule has 1 unspecified atom stereocenters. The highest BCUT2D eigenvalue weighted by Gasteiger charge is 2.35. The van der Waals surface area contributed by atoms with Crippen molar-refractivity contribution in [2.24, 2.45) is 0 Å². The molecule has 1 heterocycles. The van der Waals surface area contributed by atoms with Crippen LogP contribution in [0.5, 0.6) is 5.75 Å². The number of Topliss-reactive ketones (excluding diaryl/α,β-unsaturated/α-hetero) is 1. The number of benzene rings is 1. The van der Waals surface area contributed by atoms with Crippen LogP contribution in [0.4, 0.5) is 0 Å². The fourth-order valence-electron chi connectivity index (χ4n) is 2.18. The molecule has 19 heavy (non-hydrogen) atoms. The van der Waals surface area contributed by atoms with Gasteiger partial charge in [0.2, 0.25) is 5.78 Å². The number of rotatable bonds is 4. The molecule has 0 saturated heterocycles. The Kier molecular flexibility index (Phi) is 2.93. The summed E-state index contributed by atoms with van der Waals surface area (Å²) in [7, 11) is 1.62. The third-order valence-electron chi connectivity index (χ3n) is 3.41. The molecule has 1 saturated carbocycles. The lowest BCUT2D eigenvalue weighted by molar-refractivity contribution is -0.119. The van der Waals surface area contributed by atoms with E-state index in [-0.39, 0.29) is 5.78 Å². The highest BCUT2D eigenvalue weighted by molar-refractivity contribution is 6.24. The van der Waals surface area contributed by atoms with E-state index in [2.05, 4.69) is 5.32 Å². The second kappa shape index (κ2) is 4.61. The number of ketones is 1. The first-order valence-corrected chi connectivity index (χ1v) is 6.55. The van der Waals surface area contributed by atoms with E-state index in [1.165, 1.54) is 0 Å². The smallest absolute Gasteiger partial charge is 0.209 e. The molecule has 1 atom stereocenters. The molecule has 2 aliphatic rings. The molecule has 100 valence electrons. The Labute approximate surface area is 112 Å². The normalized spacial score (nSPS) is 22.4. The molecule has 0 bridgehead atoms. The van der Waals surface area contributed by atoms with Gasteiger partial charge in [0.1, 0.15) is 5.75 Å². The molecular formula is C15H17NO3. The zero-order chi connectivity index (χ0) is 13.4. The van der Waals surface area contributed by atoms with E-state index in [0.29, 0.717) is 17.5 Å².